The Morgan fingerprint density at radius 2 is 1.59 bits per heavy atom. The summed E-state index contributed by atoms with van der Waals surface area (Å²) in [6, 6.07) is 9.63. The maximum atomic E-state index is 13.7. The van der Waals surface area contributed by atoms with Crippen LogP contribution in [0.3, 0.4) is 0 Å². The minimum Gasteiger partial charge on any atom is -0.497 e. The molecule has 0 saturated heterocycles. The summed E-state index contributed by atoms with van der Waals surface area (Å²) in [5.74, 6) is 1.39. The lowest BCUT2D eigenvalue weighted by atomic mass is 9.56. The van der Waals surface area contributed by atoms with E-state index in [4.69, 9.17) is 33.2 Å². The second-order valence-corrected chi connectivity index (χ2v) is 14.1. The topological polar surface area (TPSA) is 107 Å². The zero-order chi connectivity index (χ0) is 36.4. The molecule has 6 rings (SSSR count). The number of nitrogens with zero attached hydrogens (tertiary/aromatic N) is 2. The van der Waals surface area contributed by atoms with E-state index in [1.807, 2.05) is 0 Å². The number of carbonyl (C=O) groups excluding carboxylic acids is 2. The van der Waals surface area contributed by atoms with E-state index < -0.39 is 24.1 Å². The van der Waals surface area contributed by atoms with Crippen molar-refractivity contribution in [2.45, 2.75) is 70.6 Å². The standard InChI is InChI=1S/C40H54N2O9/c1-9-41(10-2)15-16-42-31-21-26(45-3)12-14-27(31)28-13-11-23-17-24-18-34(38(49-7)35(40(44)50-8)29(24)22-30(23)36(28)42)51-39(43)25-19-32(46-4)37(48-6)33(20-25)47-5/h12,14,19-21,23-24,29-30,34-35,38H,9-11,13,15-18,22H2,1-8H3/t23?,24-,29-,30-,34+,35-,38-/m0/s1. The largest absolute Gasteiger partial charge is 0.497 e. The number of rotatable bonds is 13. The predicted molar refractivity (Wildman–Crippen MR) is 193 cm³/mol. The average molecular weight is 707 g/mol. The zero-order valence-electron chi connectivity index (χ0n) is 31.4. The molecule has 278 valence electrons. The van der Waals surface area contributed by atoms with Crippen molar-refractivity contribution in [1.29, 1.82) is 0 Å². The lowest BCUT2D eigenvalue weighted by molar-refractivity contribution is -0.174. The van der Waals surface area contributed by atoms with E-state index in [2.05, 4.69) is 41.5 Å². The number of aryl methyl sites for hydroxylation is 1. The first-order valence-electron chi connectivity index (χ1n) is 18.3. The van der Waals surface area contributed by atoms with Gasteiger partial charge in [0, 0.05) is 43.3 Å². The van der Waals surface area contributed by atoms with E-state index in [1.54, 1.807) is 26.4 Å². The van der Waals surface area contributed by atoms with Crippen molar-refractivity contribution < 1.29 is 42.7 Å². The highest BCUT2D eigenvalue weighted by Crippen LogP contribution is 2.56. The second kappa shape index (κ2) is 15.7. The third-order valence-electron chi connectivity index (χ3n) is 12.0. The molecule has 11 nitrogen and oxygen atoms in total. The maximum absolute atomic E-state index is 13.7. The molecule has 3 aliphatic rings. The monoisotopic (exact) mass is 706 g/mol. The highest BCUT2D eigenvalue weighted by atomic mass is 16.6. The molecule has 3 aromatic rings. The molecule has 1 heterocycles. The fourth-order valence-corrected chi connectivity index (χ4v) is 9.53. The lowest BCUT2D eigenvalue weighted by Gasteiger charge is -2.52. The van der Waals surface area contributed by atoms with Gasteiger partial charge in [-0.15, -0.1) is 0 Å². The number of aromatic nitrogens is 1. The summed E-state index contributed by atoms with van der Waals surface area (Å²) >= 11 is 0. The molecule has 51 heavy (non-hydrogen) atoms. The Morgan fingerprint density at radius 3 is 2.20 bits per heavy atom. The van der Waals surface area contributed by atoms with Crippen LogP contribution in [0, 0.1) is 23.7 Å². The van der Waals surface area contributed by atoms with Gasteiger partial charge in [0.2, 0.25) is 5.75 Å². The number of hydrogen-bond acceptors (Lipinski definition) is 10. The number of methoxy groups -OCH3 is 6. The van der Waals surface area contributed by atoms with Gasteiger partial charge >= 0.3 is 11.9 Å². The molecule has 2 saturated carbocycles. The van der Waals surface area contributed by atoms with Gasteiger partial charge in [-0.2, -0.15) is 0 Å². The van der Waals surface area contributed by atoms with Gasteiger partial charge in [0.15, 0.2) is 11.5 Å². The van der Waals surface area contributed by atoms with E-state index in [-0.39, 0.29) is 29.3 Å². The molecule has 0 radical (unpaired) electrons. The predicted octanol–water partition coefficient (Wildman–Crippen LogP) is 6.12. The molecule has 0 N–H and O–H groups in total. The Kier molecular flexibility index (Phi) is 11.4. The number of benzene rings is 2. The van der Waals surface area contributed by atoms with Gasteiger partial charge in [0.25, 0.3) is 0 Å². The van der Waals surface area contributed by atoms with Gasteiger partial charge in [-0.25, -0.2) is 4.79 Å². The third-order valence-corrected chi connectivity index (χ3v) is 12.0. The first kappa shape index (κ1) is 36.8. The van der Waals surface area contributed by atoms with E-state index in [0.29, 0.717) is 29.6 Å². The minimum atomic E-state index is -0.665. The Balaban J connectivity index is 1.34. The molecule has 2 aromatic carbocycles. The van der Waals surface area contributed by atoms with Crippen molar-refractivity contribution in [3.05, 3.63) is 47.2 Å². The van der Waals surface area contributed by atoms with Crippen LogP contribution in [0.15, 0.2) is 30.3 Å². The smallest absolute Gasteiger partial charge is 0.338 e. The molecular formula is C40H54N2O9. The summed E-state index contributed by atoms with van der Waals surface area (Å²) in [7, 11) is 9.25. The van der Waals surface area contributed by atoms with E-state index in [9.17, 15) is 9.59 Å². The van der Waals surface area contributed by atoms with Gasteiger partial charge in [-0.05, 0) is 92.8 Å². The second-order valence-electron chi connectivity index (χ2n) is 14.1. The molecule has 1 aromatic heterocycles. The molecule has 1 unspecified atom stereocenters. The molecule has 0 amide bonds. The van der Waals surface area contributed by atoms with Crippen LogP contribution in [0.1, 0.15) is 67.1 Å². The number of carbonyl (C=O) groups is 2. The lowest BCUT2D eigenvalue weighted by Crippen LogP contribution is -2.55. The summed E-state index contributed by atoms with van der Waals surface area (Å²) in [6.45, 7) is 8.27. The SMILES string of the molecule is CCN(CC)CCn1c2c(c3ccc(OC)cc31)CCC1C[C@H]3C[C@@H](OC(=O)c4cc(OC)c(OC)c(OC)c4)[C@H](OC)[C@@H](C(=O)OC)[C@H]3C[C@H]21. The summed E-state index contributed by atoms with van der Waals surface area (Å²) in [6.07, 6.45) is 3.17. The third kappa shape index (κ3) is 6.75. The van der Waals surface area contributed by atoms with Crippen molar-refractivity contribution >= 4 is 22.8 Å². The van der Waals surface area contributed by atoms with Crippen molar-refractivity contribution in [1.82, 2.24) is 9.47 Å². The highest BCUT2D eigenvalue weighted by molar-refractivity contribution is 5.91. The molecule has 0 bridgehead atoms. The van der Waals surface area contributed by atoms with Crippen LogP contribution in [-0.4, -0.2) is 95.9 Å². The first-order valence-corrected chi connectivity index (χ1v) is 18.3. The number of fused-ring (bicyclic) bond motifs is 6. The van der Waals surface area contributed by atoms with Gasteiger partial charge in [0.05, 0.1) is 52.5 Å². The van der Waals surface area contributed by atoms with Crippen LogP contribution in [0.25, 0.3) is 10.9 Å². The van der Waals surface area contributed by atoms with Crippen molar-refractivity contribution in [3.8, 4) is 23.0 Å². The fraction of sp³-hybridized carbons (Fsp3) is 0.600. The number of likely N-dealkylation sites (N-methyl/N-ethyl adjacent to an activating group) is 1. The van der Waals surface area contributed by atoms with Gasteiger partial charge in [0.1, 0.15) is 18.0 Å². The van der Waals surface area contributed by atoms with Crippen LogP contribution in [0.2, 0.25) is 0 Å². The normalized spacial score (nSPS) is 25.4. The summed E-state index contributed by atoms with van der Waals surface area (Å²) < 4.78 is 42.4. The highest BCUT2D eigenvalue weighted by Gasteiger charge is 2.55. The van der Waals surface area contributed by atoms with E-state index in [1.165, 1.54) is 50.6 Å². The summed E-state index contributed by atoms with van der Waals surface area (Å²) in [4.78, 5) is 30.0. The first-order chi connectivity index (χ1) is 24.7. The van der Waals surface area contributed by atoms with Crippen LogP contribution in [-0.2, 0) is 32.0 Å². The van der Waals surface area contributed by atoms with Crippen molar-refractivity contribution in [2.24, 2.45) is 23.7 Å². The van der Waals surface area contributed by atoms with Crippen LogP contribution in [0.5, 0.6) is 23.0 Å². The Bertz CT molecular complexity index is 1690. The van der Waals surface area contributed by atoms with Crippen molar-refractivity contribution in [3.63, 3.8) is 0 Å². The van der Waals surface area contributed by atoms with Crippen LogP contribution in [0.4, 0.5) is 0 Å². The molecule has 3 aliphatic carbocycles. The van der Waals surface area contributed by atoms with E-state index >= 15 is 0 Å². The van der Waals surface area contributed by atoms with Crippen LogP contribution >= 0.6 is 0 Å². The summed E-state index contributed by atoms with van der Waals surface area (Å²) in [5, 5.41) is 1.30. The zero-order valence-corrected chi connectivity index (χ0v) is 31.4. The van der Waals surface area contributed by atoms with Gasteiger partial charge in [-0.3, -0.25) is 4.79 Å². The minimum absolute atomic E-state index is 0.00880. The molecular weight excluding hydrogens is 652 g/mol. The molecule has 2 fully saturated rings. The molecule has 0 spiro atoms. The molecule has 7 atom stereocenters. The van der Waals surface area contributed by atoms with E-state index in [0.717, 1.165) is 57.6 Å². The Morgan fingerprint density at radius 1 is 0.863 bits per heavy atom. The van der Waals surface area contributed by atoms with Crippen molar-refractivity contribution in [2.75, 3.05) is 62.3 Å². The molecule has 11 heteroatoms. The number of esters is 2. The quantitative estimate of drug-likeness (QED) is 0.193. The molecule has 0 aliphatic heterocycles. The fourth-order valence-electron chi connectivity index (χ4n) is 9.53. The van der Waals surface area contributed by atoms with Gasteiger partial charge in [-0.1, -0.05) is 13.8 Å². The Hall–Kier alpha value is -3.96. The average Bonchev–Trinajstić information content (AvgIpc) is 3.48. The Labute approximate surface area is 301 Å². The van der Waals surface area contributed by atoms with Gasteiger partial charge < -0.3 is 42.6 Å². The maximum Gasteiger partial charge on any atom is 0.338 e. The number of hydrogen-bond donors (Lipinski definition) is 0. The van der Waals surface area contributed by atoms with Crippen LogP contribution < -0.4 is 18.9 Å². The number of ether oxygens (including phenoxy) is 7. The summed E-state index contributed by atoms with van der Waals surface area (Å²) in [5.41, 5.74) is 4.32.